The third-order valence-corrected chi connectivity index (χ3v) is 2.04. The number of hydrogen-bond donors (Lipinski definition) is 0. The van der Waals surface area contributed by atoms with Gasteiger partial charge in [-0.15, -0.1) is 0 Å². The zero-order chi connectivity index (χ0) is 11.3. The van der Waals surface area contributed by atoms with Crippen LogP contribution in [0.4, 0.5) is 0 Å². The molecule has 0 amide bonds. The lowest BCUT2D eigenvalue weighted by Crippen LogP contribution is -1.93. The third kappa shape index (κ3) is 3.06. The van der Waals surface area contributed by atoms with Gasteiger partial charge in [0.25, 0.3) is 0 Å². The van der Waals surface area contributed by atoms with Crippen LogP contribution in [-0.2, 0) is 9.53 Å². The fraction of sp³-hybridized carbons (Fsp3) is 0.167. The Morgan fingerprint density at radius 2 is 2.13 bits per heavy atom. The van der Waals surface area contributed by atoms with E-state index in [-0.39, 0.29) is 0 Å². The molecular weight excluding hydrogens is 192 g/mol. The maximum atomic E-state index is 10.8. The summed E-state index contributed by atoms with van der Waals surface area (Å²) in [6.45, 7) is 1.86. The number of carbonyl (C=O) groups excluding carboxylic acids is 2. The molecule has 0 heterocycles. The fourth-order valence-corrected chi connectivity index (χ4v) is 1.12. The van der Waals surface area contributed by atoms with Gasteiger partial charge in [-0.2, -0.15) is 0 Å². The molecule has 78 valence electrons. The van der Waals surface area contributed by atoms with Crippen LogP contribution < -0.4 is 0 Å². The van der Waals surface area contributed by atoms with Crippen LogP contribution in [0.1, 0.15) is 21.5 Å². The minimum atomic E-state index is -0.414. The van der Waals surface area contributed by atoms with Gasteiger partial charge >= 0.3 is 5.97 Å². The van der Waals surface area contributed by atoms with E-state index < -0.39 is 5.97 Å². The van der Waals surface area contributed by atoms with Gasteiger partial charge in [0, 0.05) is 11.6 Å². The van der Waals surface area contributed by atoms with Crippen molar-refractivity contribution in [2.24, 2.45) is 0 Å². The van der Waals surface area contributed by atoms with Gasteiger partial charge in [-0.1, -0.05) is 12.1 Å². The Kier molecular flexibility index (Phi) is 3.80. The van der Waals surface area contributed by atoms with Gasteiger partial charge in [0.2, 0.25) is 0 Å². The summed E-state index contributed by atoms with van der Waals surface area (Å²) in [5.41, 5.74) is 2.34. The van der Waals surface area contributed by atoms with E-state index in [9.17, 15) is 9.59 Å². The summed E-state index contributed by atoms with van der Waals surface area (Å²) in [6, 6.07) is 5.39. The van der Waals surface area contributed by atoms with Gasteiger partial charge in [0.05, 0.1) is 7.11 Å². The maximum absolute atomic E-state index is 10.8. The van der Waals surface area contributed by atoms with E-state index in [0.717, 1.165) is 17.4 Å². The van der Waals surface area contributed by atoms with E-state index in [1.54, 1.807) is 12.1 Å². The Labute approximate surface area is 88.4 Å². The lowest BCUT2D eigenvalue weighted by atomic mass is 10.1. The molecule has 0 unspecified atom stereocenters. The molecule has 0 aliphatic carbocycles. The number of aldehydes is 1. The smallest absolute Gasteiger partial charge is 0.330 e. The average molecular weight is 204 g/mol. The second-order valence-electron chi connectivity index (χ2n) is 3.09. The van der Waals surface area contributed by atoms with Crippen molar-refractivity contribution in [3.63, 3.8) is 0 Å². The molecule has 1 aromatic carbocycles. The lowest BCUT2D eigenvalue weighted by Gasteiger charge is -1.99. The molecule has 0 N–H and O–H groups in total. The van der Waals surface area contributed by atoms with Gasteiger partial charge in [-0.3, -0.25) is 4.79 Å². The number of rotatable bonds is 3. The van der Waals surface area contributed by atoms with E-state index in [1.807, 2.05) is 19.1 Å². The summed E-state index contributed by atoms with van der Waals surface area (Å²) in [6.07, 6.45) is 3.72. The lowest BCUT2D eigenvalue weighted by molar-refractivity contribution is -0.134. The number of benzene rings is 1. The van der Waals surface area contributed by atoms with Gasteiger partial charge < -0.3 is 4.74 Å². The molecule has 0 saturated heterocycles. The molecule has 1 rings (SSSR count). The summed E-state index contributed by atoms with van der Waals surface area (Å²) < 4.78 is 4.46. The minimum Gasteiger partial charge on any atom is -0.466 e. The molecular formula is C12H12O3. The van der Waals surface area contributed by atoms with E-state index >= 15 is 0 Å². The Morgan fingerprint density at radius 3 is 2.73 bits per heavy atom. The van der Waals surface area contributed by atoms with E-state index in [2.05, 4.69) is 4.74 Å². The molecule has 0 bridgehead atoms. The molecule has 0 atom stereocenters. The summed E-state index contributed by atoms with van der Waals surface area (Å²) >= 11 is 0. The minimum absolute atomic E-state index is 0.414. The Morgan fingerprint density at radius 1 is 1.40 bits per heavy atom. The number of hydrogen-bond acceptors (Lipinski definition) is 3. The average Bonchev–Trinajstić information content (AvgIpc) is 2.27. The largest absolute Gasteiger partial charge is 0.466 e. The molecule has 0 fully saturated rings. The van der Waals surface area contributed by atoms with Crippen molar-refractivity contribution >= 4 is 18.3 Å². The van der Waals surface area contributed by atoms with Crippen LogP contribution in [0.3, 0.4) is 0 Å². The van der Waals surface area contributed by atoms with Crippen LogP contribution in [0.15, 0.2) is 24.3 Å². The highest BCUT2D eigenvalue weighted by molar-refractivity contribution is 5.87. The van der Waals surface area contributed by atoms with Crippen LogP contribution in [0.5, 0.6) is 0 Å². The molecule has 0 saturated carbocycles. The van der Waals surface area contributed by atoms with Crippen LogP contribution >= 0.6 is 0 Å². The van der Waals surface area contributed by atoms with E-state index in [0.29, 0.717) is 5.56 Å². The Hall–Kier alpha value is -1.90. The molecule has 0 aromatic heterocycles. The van der Waals surface area contributed by atoms with Gasteiger partial charge in [0.15, 0.2) is 0 Å². The molecule has 1 aromatic rings. The highest BCUT2D eigenvalue weighted by Gasteiger charge is 1.97. The monoisotopic (exact) mass is 204 g/mol. The zero-order valence-electron chi connectivity index (χ0n) is 8.69. The highest BCUT2D eigenvalue weighted by atomic mass is 16.5. The van der Waals surface area contributed by atoms with Crippen molar-refractivity contribution in [1.29, 1.82) is 0 Å². The zero-order valence-corrected chi connectivity index (χ0v) is 8.69. The first-order chi connectivity index (χ1) is 7.17. The van der Waals surface area contributed by atoms with Gasteiger partial charge in [-0.05, 0) is 30.2 Å². The Bertz CT molecular complexity index is 405. The Balaban J connectivity index is 2.92. The predicted molar refractivity (Wildman–Crippen MR) is 57.6 cm³/mol. The number of esters is 1. The first kappa shape index (κ1) is 11.2. The molecule has 3 heteroatoms. The normalized spacial score (nSPS) is 10.3. The molecule has 0 spiro atoms. The van der Waals surface area contributed by atoms with Crippen LogP contribution in [0.2, 0.25) is 0 Å². The van der Waals surface area contributed by atoms with Crippen molar-refractivity contribution in [1.82, 2.24) is 0 Å². The van der Waals surface area contributed by atoms with Crippen LogP contribution in [-0.4, -0.2) is 19.4 Å². The number of carbonyl (C=O) groups is 2. The highest BCUT2D eigenvalue weighted by Crippen LogP contribution is 2.10. The quantitative estimate of drug-likeness (QED) is 0.429. The molecule has 0 radical (unpaired) electrons. The van der Waals surface area contributed by atoms with Crippen molar-refractivity contribution in [3.05, 3.63) is 41.0 Å². The number of ether oxygens (including phenoxy) is 1. The first-order valence-electron chi connectivity index (χ1n) is 4.49. The van der Waals surface area contributed by atoms with Gasteiger partial charge in [-0.25, -0.2) is 4.79 Å². The van der Waals surface area contributed by atoms with Crippen molar-refractivity contribution in [2.75, 3.05) is 7.11 Å². The standard InChI is InChI=1S/C12H12O3/c1-9-3-4-10(7-11(9)8-13)5-6-12(14)15-2/h3-8H,1-2H3. The summed E-state index contributed by atoms with van der Waals surface area (Å²) in [7, 11) is 1.32. The summed E-state index contributed by atoms with van der Waals surface area (Å²) in [4.78, 5) is 21.5. The second-order valence-corrected chi connectivity index (χ2v) is 3.09. The second kappa shape index (κ2) is 5.10. The number of methoxy groups -OCH3 is 1. The van der Waals surface area contributed by atoms with Gasteiger partial charge in [0.1, 0.15) is 6.29 Å². The van der Waals surface area contributed by atoms with Crippen LogP contribution in [0.25, 0.3) is 6.08 Å². The summed E-state index contributed by atoms with van der Waals surface area (Å²) in [5.74, 6) is -0.414. The van der Waals surface area contributed by atoms with Crippen LogP contribution in [0, 0.1) is 6.92 Å². The van der Waals surface area contributed by atoms with E-state index in [1.165, 1.54) is 13.2 Å². The van der Waals surface area contributed by atoms with Crippen molar-refractivity contribution in [2.45, 2.75) is 6.92 Å². The maximum Gasteiger partial charge on any atom is 0.330 e. The summed E-state index contributed by atoms with van der Waals surface area (Å²) in [5, 5.41) is 0. The third-order valence-electron chi connectivity index (χ3n) is 2.04. The molecule has 0 aliphatic heterocycles. The molecule has 15 heavy (non-hydrogen) atoms. The molecule has 3 nitrogen and oxygen atoms in total. The van der Waals surface area contributed by atoms with Crippen molar-refractivity contribution in [3.8, 4) is 0 Å². The van der Waals surface area contributed by atoms with E-state index in [4.69, 9.17) is 0 Å². The van der Waals surface area contributed by atoms with Crippen molar-refractivity contribution < 1.29 is 14.3 Å². The SMILES string of the molecule is COC(=O)C=Cc1ccc(C)c(C=O)c1. The topological polar surface area (TPSA) is 43.4 Å². The molecule has 0 aliphatic rings. The predicted octanol–water partition coefficient (Wildman–Crippen LogP) is 1.99. The number of aryl methyl sites for hydroxylation is 1. The first-order valence-corrected chi connectivity index (χ1v) is 4.49. The fourth-order valence-electron chi connectivity index (χ4n) is 1.12.